The predicted octanol–water partition coefficient (Wildman–Crippen LogP) is 3.99. The highest BCUT2D eigenvalue weighted by Gasteiger charge is 2.14. The Morgan fingerprint density at radius 1 is 1.24 bits per heavy atom. The molecule has 0 saturated carbocycles. The zero-order chi connectivity index (χ0) is 18.2. The zero-order valence-electron chi connectivity index (χ0n) is 14.7. The number of benzene rings is 1. The minimum atomic E-state index is -0.323. The van der Waals surface area contributed by atoms with E-state index in [1.54, 1.807) is 12.1 Å². The predicted molar refractivity (Wildman–Crippen MR) is 103 cm³/mol. The Kier molecular flexibility index (Phi) is 8.00. The number of nitrogens with one attached hydrogen (secondary N) is 1. The molecular weight excluding hydrogens is 361 g/mol. The van der Waals surface area contributed by atoms with Crippen molar-refractivity contribution in [3.05, 3.63) is 33.8 Å². The molecule has 25 heavy (non-hydrogen) atoms. The van der Waals surface area contributed by atoms with Gasteiger partial charge in [-0.2, -0.15) is 0 Å². The van der Waals surface area contributed by atoms with E-state index < -0.39 is 0 Å². The number of halogens is 2. The maximum absolute atomic E-state index is 12.4. The molecule has 0 unspecified atom stereocenters. The molecular formula is C18H25Cl2N3O2. The molecule has 1 heterocycles. The van der Waals surface area contributed by atoms with Crippen LogP contribution in [0.25, 0.3) is 0 Å². The van der Waals surface area contributed by atoms with Crippen LogP contribution in [0.2, 0.25) is 10.0 Å². The fraction of sp³-hybridized carbons (Fsp3) is 0.556. The lowest BCUT2D eigenvalue weighted by atomic mass is 10.1. The summed E-state index contributed by atoms with van der Waals surface area (Å²) >= 11 is 11.9. The van der Waals surface area contributed by atoms with E-state index in [1.165, 1.54) is 25.3 Å². The van der Waals surface area contributed by atoms with E-state index >= 15 is 0 Å². The highest BCUT2D eigenvalue weighted by Crippen LogP contribution is 2.22. The number of ether oxygens (including phenoxy) is 1. The van der Waals surface area contributed by atoms with Crippen molar-refractivity contribution < 1.29 is 9.53 Å². The van der Waals surface area contributed by atoms with Gasteiger partial charge in [-0.3, -0.25) is 10.1 Å². The number of hydrogen-bond acceptors (Lipinski definition) is 4. The van der Waals surface area contributed by atoms with Crippen LogP contribution in [-0.2, 0) is 4.74 Å². The van der Waals surface area contributed by atoms with Crippen molar-refractivity contribution in [2.45, 2.75) is 39.2 Å². The third kappa shape index (κ3) is 6.84. The molecule has 0 aromatic heterocycles. The monoisotopic (exact) mass is 385 g/mol. The van der Waals surface area contributed by atoms with Crippen molar-refractivity contribution >= 4 is 35.1 Å². The Labute approximate surface area is 159 Å². The van der Waals surface area contributed by atoms with Gasteiger partial charge in [-0.05, 0) is 58.0 Å². The first kappa shape index (κ1) is 20.0. The summed E-state index contributed by atoms with van der Waals surface area (Å²) < 4.78 is 5.63. The fourth-order valence-corrected chi connectivity index (χ4v) is 2.91. The molecule has 0 atom stereocenters. The summed E-state index contributed by atoms with van der Waals surface area (Å²) in [6.07, 6.45) is 3.71. The van der Waals surface area contributed by atoms with E-state index in [0.29, 0.717) is 22.2 Å². The molecule has 1 amide bonds. The van der Waals surface area contributed by atoms with Crippen LogP contribution in [0, 0.1) is 0 Å². The van der Waals surface area contributed by atoms with E-state index in [0.717, 1.165) is 19.6 Å². The average Bonchev–Trinajstić information content (AvgIpc) is 2.57. The van der Waals surface area contributed by atoms with Gasteiger partial charge >= 0.3 is 0 Å². The van der Waals surface area contributed by atoms with Gasteiger partial charge in [0.25, 0.3) is 11.9 Å². The topological polar surface area (TPSA) is 53.9 Å². The standard InChI is InChI=1S/C18H25Cl2N3O2/c1-13(2)25-18(21-8-11-23-9-4-3-5-10-23)22-17(24)14-6-7-15(19)16(20)12-14/h6-7,12-13H,3-5,8-11H2,1-2H3,(H,21,22,24). The minimum Gasteiger partial charge on any atom is -0.462 e. The quantitative estimate of drug-likeness (QED) is 0.615. The summed E-state index contributed by atoms with van der Waals surface area (Å²) in [6.45, 7) is 7.48. The van der Waals surface area contributed by atoms with Crippen molar-refractivity contribution in [2.75, 3.05) is 26.2 Å². The smallest absolute Gasteiger partial charge is 0.291 e. The summed E-state index contributed by atoms with van der Waals surface area (Å²) in [6, 6.07) is 4.97. The lowest BCUT2D eigenvalue weighted by Crippen LogP contribution is -2.36. The molecule has 0 bridgehead atoms. The molecule has 1 aromatic carbocycles. The molecule has 0 aliphatic carbocycles. The third-order valence-corrected chi connectivity index (χ3v) is 4.61. The molecule has 2 rings (SSSR count). The number of likely N-dealkylation sites (tertiary alicyclic amines) is 1. The Balaban J connectivity index is 1.96. The Morgan fingerprint density at radius 2 is 1.96 bits per heavy atom. The van der Waals surface area contributed by atoms with Crippen molar-refractivity contribution in [3.8, 4) is 0 Å². The van der Waals surface area contributed by atoms with Crippen LogP contribution >= 0.6 is 23.2 Å². The second kappa shape index (κ2) is 10.00. The number of nitrogens with zero attached hydrogens (tertiary/aromatic N) is 2. The van der Waals surface area contributed by atoms with Gasteiger partial charge in [-0.25, -0.2) is 4.99 Å². The maximum Gasteiger partial charge on any atom is 0.291 e. The van der Waals surface area contributed by atoms with Crippen LogP contribution in [0.3, 0.4) is 0 Å². The van der Waals surface area contributed by atoms with E-state index in [-0.39, 0.29) is 18.0 Å². The number of rotatable bonds is 5. The lowest BCUT2D eigenvalue weighted by molar-refractivity contribution is 0.0959. The van der Waals surface area contributed by atoms with Gasteiger partial charge in [0.1, 0.15) is 0 Å². The van der Waals surface area contributed by atoms with Gasteiger partial charge in [0.2, 0.25) is 0 Å². The largest absolute Gasteiger partial charge is 0.462 e. The SMILES string of the molecule is CC(C)OC(=NCCN1CCCCC1)NC(=O)c1ccc(Cl)c(Cl)c1. The second-order valence-corrected chi connectivity index (χ2v) is 7.15. The molecule has 0 spiro atoms. The second-order valence-electron chi connectivity index (χ2n) is 6.34. The number of amides is 1. The van der Waals surface area contributed by atoms with Gasteiger partial charge in [-0.1, -0.05) is 29.6 Å². The van der Waals surface area contributed by atoms with E-state index in [4.69, 9.17) is 27.9 Å². The third-order valence-electron chi connectivity index (χ3n) is 3.87. The molecule has 5 nitrogen and oxygen atoms in total. The average molecular weight is 386 g/mol. The first-order valence-electron chi connectivity index (χ1n) is 8.65. The van der Waals surface area contributed by atoms with Crippen molar-refractivity contribution in [3.63, 3.8) is 0 Å². The van der Waals surface area contributed by atoms with Gasteiger partial charge in [0.05, 0.1) is 22.7 Å². The van der Waals surface area contributed by atoms with Crippen LogP contribution in [0.5, 0.6) is 0 Å². The van der Waals surface area contributed by atoms with Crippen LogP contribution in [0.4, 0.5) is 0 Å². The number of carbonyl (C=O) groups excluding carboxylic acids is 1. The molecule has 1 aromatic rings. The van der Waals surface area contributed by atoms with E-state index in [1.807, 2.05) is 13.8 Å². The zero-order valence-corrected chi connectivity index (χ0v) is 16.2. The minimum absolute atomic E-state index is 0.0807. The van der Waals surface area contributed by atoms with Gasteiger partial charge in [-0.15, -0.1) is 0 Å². The highest BCUT2D eigenvalue weighted by atomic mass is 35.5. The molecule has 138 valence electrons. The van der Waals surface area contributed by atoms with E-state index in [2.05, 4.69) is 15.2 Å². The van der Waals surface area contributed by atoms with Gasteiger partial charge in [0.15, 0.2) is 0 Å². The summed E-state index contributed by atoms with van der Waals surface area (Å²) in [7, 11) is 0. The van der Waals surface area contributed by atoms with Crippen LogP contribution < -0.4 is 5.32 Å². The van der Waals surface area contributed by atoms with Crippen LogP contribution in [-0.4, -0.2) is 49.1 Å². The summed E-state index contributed by atoms with van der Waals surface area (Å²) in [5, 5.41) is 3.46. The Morgan fingerprint density at radius 3 is 2.60 bits per heavy atom. The number of hydrogen-bond donors (Lipinski definition) is 1. The van der Waals surface area contributed by atoms with Crippen LogP contribution in [0.15, 0.2) is 23.2 Å². The molecule has 1 N–H and O–H groups in total. The van der Waals surface area contributed by atoms with Gasteiger partial charge in [0, 0.05) is 12.1 Å². The molecule has 1 aliphatic heterocycles. The number of amidine groups is 1. The first-order chi connectivity index (χ1) is 12.0. The number of piperidine rings is 1. The summed E-state index contributed by atoms with van der Waals surface area (Å²) in [4.78, 5) is 19.2. The maximum atomic E-state index is 12.4. The number of aliphatic imine (C=N–C) groups is 1. The van der Waals surface area contributed by atoms with Crippen molar-refractivity contribution in [2.24, 2.45) is 4.99 Å². The molecule has 1 fully saturated rings. The van der Waals surface area contributed by atoms with Gasteiger partial charge < -0.3 is 9.64 Å². The Bertz CT molecular complexity index is 614. The van der Waals surface area contributed by atoms with E-state index in [9.17, 15) is 4.79 Å². The fourth-order valence-electron chi connectivity index (χ4n) is 2.61. The highest BCUT2D eigenvalue weighted by molar-refractivity contribution is 6.42. The molecule has 1 saturated heterocycles. The van der Waals surface area contributed by atoms with Crippen LogP contribution in [0.1, 0.15) is 43.5 Å². The first-order valence-corrected chi connectivity index (χ1v) is 9.41. The Hall–Kier alpha value is -1.30. The summed E-state index contributed by atoms with van der Waals surface area (Å²) in [5.74, 6) is -0.323. The normalized spacial score (nSPS) is 16.1. The molecule has 7 heteroatoms. The lowest BCUT2D eigenvalue weighted by Gasteiger charge is -2.25. The van der Waals surface area contributed by atoms with Crippen molar-refractivity contribution in [1.29, 1.82) is 0 Å². The summed E-state index contributed by atoms with van der Waals surface area (Å²) in [5.41, 5.74) is 0.408. The molecule has 1 aliphatic rings. The number of carbonyl (C=O) groups is 1. The van der Waals surface area contributed by atoms with Crippen molar-refractivity contribution in [1.82, 2.24) is 10.2 Å². The molecule has 0 radical (unpaired) electrons.